The maximum atomic E-state index is 12.0. The van der Waals surface area contributed by atoms with Crippen molar-refractivity contribution in [1.82, 2.24) is 10.2 Å². The second kappa shape index (κ2) is 8.02. The molecule has 1 aromatic carbocycles. The van der Waals surface area contributed by atoms with E-state index < -0.39 is 11.6 Å². The molecular weight excluding hydrogens is 327 g/mol. The first kappa shape index (κ1) is 19.0. The van der Waals surface area contributed by atoms with E-state index in [-0.39, 0.29) is 19.1 Å². The summed E-state index contributed by atoms with van der Waals surface area (Å²) in [7, 11) is 3.37. The minimum absolute atomic E-state index is 0.0410. The average Bonchev–Trinajstić information content (AvgIpc) is 2.45. The maximum absolute atomic E-state index is 12.0. The first-order chi connectivity index (χ1) is 10.1. The van der Waals surface area contributed by atoms with E-state index >= 15 is 0 Å². The molecule has 5 nitrogen and oxygen atoms in total. The molecule has 22 heavy (non-hydrogen) atoms. The molecule has 7 heteroatoms. The Morgan fingerprint density at radius 2 is 2.05 bits per heavy atom. The molecule has 0 saturated carbocycles. The van der Waals surface area contributed by atoms with Crippen LogP contribution in [0.3, 0.4) is 0 Å². The van der Waals surface area contributed by atoms with Gasteiger partial charge in [0, 0.05) is 31.7 Å². The number of nitrogens with zero attached hydrogens (tertiary/aromatic N) is 1. The lowest BCUT2D eigenvalue weighted by atomic mass is 10.0. The Labute approximate surface area is 141 Å². The van der Waals surface area contributed by atoms with Crippen molar-refractivity contribution < 1.29 is 14.6 Å². The number of rotatable bonds is 7. The van der Waals surface area contributed by atoms with Gasteiger partial charge in [0.25, 0.3) is 0 Å². The summed E-state index contributed by atoms with van der Waals surface area (Å²) in [5, 5.41) is 13.9. The molecule has 124 valence electrons. The number of aliphatic hydroxyl groups is 1. The lowest BCUT2D eigenvalue weighted by Gasteiger charge is -2.29. The fraction of sp³-hybridized carbons (Fsp3) is 0.533. The number of benzene rings is 1. The monoisotopic (exact) mass is 348 g/mol. The van der Waals surface area contributed by atoms with Crippen molar-refractivity contribution in [3.8, 4) is 5.75 Å². The van der Waals surface area contributed by atoms with Gasteiger partial charge in [-0.2, -0.15) is 0 Å². The largest absolute Gasteiger partial charge is 0.489 e. The van der Waals surface area contributed by atoms with Gasteiger partial charge in [-0.25, -0.2) is 0 Å². The molecule has 0 aromatic heterocycles. The molecule has 1 aromatic rings. The van der Waals surface area contributed by atoms with Crippen LogP contribution >= 0.6 is 23.2 Å². The van der Waals surface area contributed by atoms with Crippen LogP contribution in [-0.2, 0) is 4.79 Å². The third kappa shape index (κ3) is 5.65. The van der Waals surface area contributed by atoms with Crippen molar-refractivity contribution in [2.45, 2.75) is 25.5 Å². The van der Waals surface area contributed by atoms with Crippen LogP contribution in [0.15, 0.2) is 18.2 Å². The van der Waals surface area contributed by atoms with Crippen molar-refractivity contribution in [2.75, 3.05) is 27.2 Å². The summed E-state index contributed by atoms with van der Waals surface area (Å²) in [6.07, 6.45) is -0.788. The van der Waals surface area contributed by atoms with Crippen LogP contribution in [0, 0.1) is 0 Å². The SMILES string of the molecule is CN(C)C(=O)C(C)(C)NCC(O)COc1cc(Cl)ccc1Cl. The molecule has 1 unspecified atom stereocenters. The summed E-state index contributed by atoms with van der Waals surface area (Å²) < 4.78 is 5.45. The predicted molar refractivity (Wildman–Crippen MR) is 88.7 cm³/mol. The van der Waals surface area contributed by atoms with Crippen LogP contribution in [0.5, 0.6) is 5.75 Å². The van der Waals surface area contributed by atoms with E-state index in [2.05, 4.69) is 5.32 Å². The zero-order valence-electron chi connectivity index (χ0n) is 13.2. The van der Waals surface area contributed by atoms with Gasteiger partial charge in [-0.1, -0.05) is 23.2 Å². The zero-order chi connectivity index (χ0) is 16.9. The number of hydrogen-bond donors (Lipinski definition) is 2. The highest BCUT2D eigenvalue weighted by molar-refractivity contribution is 6.34. The van der Waals surface area contributed by atoms with Gasteiger partial charge >= 0.3 is 0 Å². The third-order valence-electron chi connectivity index (χ3n) is 3.04. The summed E-state index contributed by atoms with van der Waals surface area (Å²) in [5.41, 5.74) is -0.766. The maximum Gasteiger partial charge on any atom is 0.241 e. The second-order valence-electron chi connectivity index (χ2n) is 5.75. The number of ether oxygens (including phenoxy) is 1. The number of carbonyl (C=O) groups is 1. The minimum atomic E-state index is -0.788. The number of halogens is 2. The lowest BCUT2D eigenvalue weighted by molar-refractivity contribution is -0.134. The Hall–Kier alpha value is -1.01. The number of amides is 1. The molecule has 0 saturated heterocycles. The molecule has 1 atom stereocenters. The number of likely N-dealkylation sites (N-methyl/N-ethyl adjacent to an activating group) is 1. The summed E-state index contributed by atoms with van der Waals surface area (Å²) >= 11 is 11.8. The minimum Gasteiger partial charge on any atom is -0.489 e. The molecule has 0 heterocycles. The van der Waals surface area contributed by atoms with Gasteiger partial charge in [0.05, 0.1) is 10.6 Å². The number of hydrogen-bond acceptors (Lipinski definition) is 4. The van der Waals surface area contributed by atoms with Crippen molar-refractivity contribution >= 4 is 29.1 Å². The van der Waals surface area contributed by atoms with Crippen LogP contribution in [0.4, 0.5) is 0 Å². The van der Waals surface area contributed by atoms with Gasteiger partial charge in [0.2, 0.25) is 5.91 Å². The predicted octanol–water partition coefficient (Wildman–Crippen LogP) is 2.19. The fourth-order valence-corrected chi connectivity index (χ4v) is 2.17. The standard InChI is InChI=1S/C15H22Cl2N2O3/c1-15(2,14(21)19(3)4)18-8-11(20)9-22-13-7-10(16)5-6-12(13)17/h5-7,11,18,20H,8-9H2,1-4H3. The molecule has 1 amide bonds. The Morgan fingerprint density at radius 1 is 1.41 bits per heavy atom. The van der Waals surface area contributed by atoms with Crippen molar-refractivity contribution in [1.29, 1.82) is 0 Å². The topological polar surface area (TPSA) is 61.8 Å². The molecule has 0 fully saturated rings. The van der Waals surface area contributed by atoms with Crippen molar-refractivity contribution in [3.05, 3.63) is 28.2 Å². The van der Waals surface area contributed by atoms with E-state index in [9.17, 15) is 9.90 Å². The van der Waals surface area contributed by atoms with E-state index in [1.165, 1.54) is 4.90 Å². The normalized spacial score (nSPS) is 12.9. The highest BCUT2D eigenvalue weighted by atomic mass is 35.5. The molecular formula is C15H22Cl2N2O3. The van der Waals surface area contributed by atoms with Gasteiger partial charge in [0.1, 0.15) is 18.5 Å². The van der Waals surface area contributed by atoms with Crippen LogP contribution in [0.2, 0.25) is 10.0 Å². The Kier molecular flexibility index (Phi) is 6.94. The summed E-state index contributed by atoms with van der Waals surface area (Å²) in [4.78, 5) is 13.5. The van der Waals surface area contributed by atoms with Crippen LogP contribution in [-0.4, -0.2) is 54.8 Å². The first-order valence-electron chi connectivity index (χ1n) is 6.86. The van der Waals surface area contributed by atoms with E-state index in [4.69, 9.17) is 27.9 Å². The van der Waals surface area contributed by atoms with Crippen LogP contribution < -0.4 is 10.1 Å². The molecule has 0 radical (unpaired) electrons. The van der Waals surface area contributed by atoms with Crippen molar-refractivity contribution in [3.63, 3.8) is 0 Å². The number of nitrogens with one attached hydrogen (secondary N) is 1. The zero-order valence-corrected chi connectivity index (χ0v) is 14.7. The summed E-state index contributed by atoms with van der Waals surface area (Å²) in [6, 6.07) is 4.87. The average molecular weight is 349 g/mol. The number of β-amino-alcohol motifs (C(OH)–C–C–N with tert-alkyl or cyclic N) is 1. The van der Waals surface area contributed by atoms with Gasteiger partial charge in [0.15, 0.2) is 0 Å². The second-order valence-corrected chi connectivity index (χ2v) is 6.59. The highest BCUT2D eigenvalue weighted by Crippen LogP contribution is 2.27. The molecule has 1 rings (SSSR count). The molecule has 0 aliphatic rings. The molecule has 0 spiro atoms. The van der Waals surface area contributed by atoms with E-state index in [0.717, 1.165) is 0 Å². The lowest BCUT2D eigenvalue weighted by Crippen LogP contribution is -2.54. The molecule has 0 aliphatic carbocycles. The first-order valence-corrected chi connectivity index (χ1v) is 7.62. The number of aliphatic hydroxyl groups excluding tert-OH is 1. The Bertz CT molecular complexity index is 522. The van der Waals surface area contributed by atoms with Crippen LogP contribution in [0.1, 0.15) is 13.8 Å². The van der Waals surface area contributed by atoms with Crippen molar-refractivity contribution in [2.24, 2.45) is 0 Å². The van der Waals surface area contributed by atoms with Gasteiger partial charge < -0.3 is 20.1 Å². The third-order valence-corrected chi connectivity index (χ3v) is 3.59. The van der Waals surface area contributed by atoms with Gasteiger partial charge in [-0.15, -0.1) is 0 Å². The molecule has 0 bridgehead atoms. The van der Waals surface area contributed by atoms with Gasteiger partial charge in [-0.3, -0.25) is 4.79 Å². The molecule has 2 N–H and O–H groups in total. The fourth-order valence-electron chi connectivity index (χ4n) is 1.84. The molecule has 0 aliphatic heterocycles. The quantitative estimate of drug-likeness (QED) is 0.792. The van der Waals surface area contributed by atoms with Crippen LogP contribution in [0.25, 0.3) is 0 Å². The summed E-state index contributed by atoms with van der Waals surface area (Å²) in [6.45, 7) is 3.78. The Balaban J connectivity index is 2.48. The number of carbonyl (C=O) groups excluding carboxylic acids is 1. The van der Waals surface area contributed by atoms with E-state index in [1.807, 2.05) is 0 Å². The van der Waals surface area contributed by atoms with Gasteiger partial charge in [-0.05, 0) is 26.0 Å². The highest BCUT2D eigenvalue weighted by Gasteiger charge is 2.29. The van der Waals surface area contributed by atoms with E-state index in [1.54, 1.807) is 46.1 Å². The summed E-state index contributed by atoms with van der Waals surface area (Å²) in [5.74, 6) is 0.343. The smallest absolute Gasteiger partial charge is 0.241 e. The van der Waals surface area contributed by atoms with E-state index in [0.29, 0.717) is 15.8 Å². The Morgan fingerprint density at radius 3 is 2.64 bits per heavy atom.